The Morgan fingerprint density at radius 1 is 1.41 bits per heavy atom. The summed E-state index contributed by atoms with van der Waals surface area (Å²) in [6.45, 7) is 2.04. The van der Waals surface area contributed by atoms with Crippen LogP contribution in [-0.4, -0.2) is 11.1 Å². The molecule has 0 amide bonds. The summed E-state index contributed by atoms with van der Waals surface area (Å²) in [6, 6.07) is 7.31. The summed E-state index contributed by atoms with van der Waals surface area (Å²) in [7, 11) is 0. The van der Waals surface area contributed by atoms with Crippen molar-refractivity contribution in [2.75, 3.05) is 11.1 Å². The molecule has 0 unspecified atom stereocenters. The number of hydrogen-bond donors (Lipinski definition) is 0. The van der Waals surface area contributed by atoms with Gasteiger partial charge in [0.15, 0.2) is 10.5 Å². The molecule has 90 valence electrons. The minimum atomic E-state index is 0.0404. The van der Waals surface area contributed by atoms with Crippen molar-refractivity contribution in [2.24, 2.45) is 0 Å². The Balaban J connectivity index is 2.65. The summed E-state index contributed by atoms with van der Waals surface area (Å²) >= 11 is 4.97. The van der Waals surface area contributed by atoms with E-state index in [1.54, 1.807) is 17.8 Å². The number of thioether (sulfide) groups is 1. The number of alkyl halides is 1. The first kappa shape index (κ1) is 12.7. The second kappa shape index (κ2) is 5.74. The second-order valence-corrected chi connectivity index (χ2v) is 5.66. The van der Waals surface area contributed by atoms with Gasteiger partial charge in [0.2, 0.25) is 0 Å². The molecule has 0 fully saturated rings. The van der Waals surface area contributed by atoms with Crippen molar-refractivity contribution in [3.63, 3.8) is 0 Å². The fraction of sp³-hybridized carbons (Fsp3) is 0.308. The molecule has 1 heterocycles. The summed E-state index contributed by atoms with van der Waals surface area (Å²) in [4.78, 5) is 11.9. The average molecular weight is 313 g/mol. The van der Waals surface area contributed by atoms with Crippen molar-refractivity contribution < 1.29 is 4.42 Å². The SMILES string of the molecule is CCSc1cc(=O)c2cccc(CCBr)c2o1. The zero-order chi connectivity index (χ0) is 12.3. The third kappa shape index (κ3) is 2.75. The molecule has 0 saturated heterocycles. The van der Waals surface area contributed by atoms with Gasteiger partial charge in [0, 0.05) is 11.4 Å². The smallest absolute Gasteiger partial charge is 0.193 e. The van der Waals surface area contributed by atoms with Gasteiger partial charge in [-0.3, -0.25) is 4.79 Å². The van der Waals surface area contributed by atoms with Gasteiger partial charge in [-0.05, 0) is 23.8 Å². The Kier molecular flexibility index (Phi) is 4.29. The van der Waals surface area contributed by atoms with Gasteiger partial charge in [0.1, 0.15) is 5.58 Å². The van der Waals surface area contributed by atoms with Crippen LogP contribution in [-0.2, 0) is 6.42 Å². The third-order valence-corrected chi connectivity index (χ3v) is 3.63. The van der Waals surface area contributed by atoms with Crippen LogP contribution in [0.25, 0.3) is 11.0 Å². The predicted octanol–water partition coefficient (Wildman–Crippen LogP) is 3.84. The van der Waals surface area contributed by atoms with Gasteiger partial charge in [0.25, 0.3) is 0 Å². The molecule has 0 atom stereocenters. The number of para-hydroxylation sites is 1. The van der Waals surface area contributed by atoms with Crippen LogP contribution in [0.2, 0.25) is 0 Å². The zero-order valence-electron chi connectivity index (χ0n) is 9.53. The summed E-state index contributed by atoms with van der Waals surface area (Å²) in [5.41, 5.74) is 1.85. The topological polar surface area (TPSA) is 30.2 Å². The molecule has 2 rings (SSSR count). The quantitative estimate of drug-likeness (QED) is 0.634. The van der Waals surface area contributed by atoms with Crippen molar-refractivity contribution in [2.45, 2.75) is 18.4 Å². The number of aryl methyl sites for hydroxylation is 1. The Morgan fingerprint density at radius 2 is 2.24 bits per heavy atom. The van der Waals surface area contributed by atoms with Gasteiger partial charge < -0.3 is 4.42 Å². The normalized spacial score (nSPS) is 10.9. The van der Waals surface area contributed by atoms with E-state index < -0.39 is 0 Å². The molecule has 0 spiro atoms. The van der Waals surface area contributed by atoms with Crippen LogP contribution in [0.1, 0.15) is 12.5 Å². The lowest BCUT2D eigenvalue weighted by atomic mass is 10.1. The highest BCUT2D eigenvalue weighted by Crippen LogP contribution is 2.23. The maximum Gasteiger partial charge on any atom is 0.193 e. The molecule has 0 saturated carbocycles. The zero-order valence-corrected chi connectivity index (χ0v) is 11.9. The van der Waals surface area contributed by atoms with Gasteiger partial charge in [0.05, 0.1) is 5.39 Å². The molecule has 0 bridgehead atoms. The number of hydrogen-bond acceptors (Lipinski definition) is 3. The summed E-state index contributed by atoms with van der Waals surface area (Å²) in [6.07, 6.45) is 0.862. The van der Waals surface area contributed by atoms with Crippen molar-refractivity contribution in [3.8, 4) is 0 Å². The van der Waals surface area contributed by atoms with E-state index in [0.717, 1.165) is 28.7 Å². The molecule has 1 aromatic heterocycles. The highest BCUT2D eigenvalue weighted by atomic mass is 79.9. The largest absolute Gasteiger partial charge is 0.449 e. The van der Waals surface area contributed by atoms with E-state index in [4.69, 9.17) is 4.42 Å². The van der Waals surface area contributed by atoms with Gasteiger partial charge in [-0.2, -0.15) is 0 Å². The molecule has 0 aliphatic heterocycles. The summed E-state index contributed by atoms with van der Waals surface area (Å²) in [5, 5.41) is 2.23. The van der Waals surface area contributed by atoms with Gasteiger partial charge >= 0.3 is 0 Å². The highest BCUT2D eigenvalue weighted by Gasteiger charge is 2.08. The Labute approximate surface area is 113 Å². The van der Waals surface area contributed by atoms with E-state index in [2.05, 4.69) is 15.9 Å². The van der Waals surface area contributed by atoms with E-state index in [-0.39, 0.29) is 5.43 Å². The molecule has 2 aromatic rings. The van der Waals surface area contributed by atoms with Gasteiger partial charge in [-0.25, -0.2) is 0 Å². The maximum atomic E-state index is 11.9. The predicted molar refractivity (Wildman–Crippen MR) is 76.4 cm³/mol. The van der Waals surface area contributed by atoms with Crippen LogP contribution in [0, 0.1) is 0 Å². The van der Waals surface area contributed by atoms with E-state index in [1.165, 1.54) is 0 Å². The fourth-order valence-corrected chi connectivity index (χ4v) is 2.77. The third-order valence-electron chi connectivity index (χ3n) is 2.46. The molecular weight excluding hydrogens is 300 g/mol. The van der Waals surface area contributed by atoms with Crippen molar-refractivity contribution in [3.05, 3.63) is 40.1 Å². The lowest BCUT2D eigenvalue weighted by Crippen LogP contribution is -2.02. The van der Waals surface area contributed by atoms with Crippen LogP contribution in [0.4, 0.5) is 0 Å². The van der Waals surface area contributed by atoms with Crippen LogP contribution in [0.15, 0.2) is 38.6 Å². The molecule has 4 heteroatoms. The first-order valence-electron chi connectivity index (χ1n) is 5.50. The number of rotatable bonds is 4. The maximum absolute atomic E-state index is 11.9. The summed E-state index contributed by atoms with van der Waals surface area (Å²) in [5.74, 6) is 0.898. The lowest BCUT2D eigenvalue weighted by molar-refractivity contribution is 0.497. The van der Waals surface area contributed by atoms with Gasteiger partial charge in [-0.1, -0.05) is 46.7 Å². The van der Waals surface area contributed by atoms with Gasteiger partial charge in [-0.15, -0.1) is 0 Å². The van der Waals surface area contributed by atoms with Crippen LogP contribution >= 0.6 is 27.7 Å². The second-order valence-electron chi connectivity index (χ2n) is 3.60. The lowest BCUT2D eigenvalue weighted by Gasteiger charge is -2.05. The first-order chi connectivity index (χ1) is 8.26. The van der Waals surface area contributed by atoms with E-state index in [1.807, 2.05) is 25.1 Å². The minimum absolute atomic E-state index is 0.0404. The molecule has 0 aliphatic carbocycles. The standard InChI is InChI=1S/C13H13BrO2S/c1-2-17-12-8-11(15)10-5-3-4-9(6-7-14)13(10)16-12/h3-5,8H,2,6-7H2,1H3. The fourth-order valence-electron chi connectivity index (χ4n) is 1.73. The first-order valence-corrected chi connectivity index (χ1v) is 7.61. The average Bonchev–Trinajstić information content (AvgIpc) is 2.31. The van der Waals surface area contributed by atoms with E-state index >= 15 is 0 Å². The Morgan fingerprint density at radius 3 is 2.94 bits per heavy atom. The molecule has 1 aromatic carbocycles. The number of fused-ring (bicyclic) bond motifs is 1. The van der Waals surface area contributed by atoms with Crippen LogP contribution in [0.5, 0.6) is 0 Å². The Bertz CT molecular complexity index is 577. The summed E-state index contributed by atoms with van der Waals surface area (Å²) < 4.78 is 5.81. The minimum Gasteiger partial charge on any atom is -0.449 e. The van der Waals surface area contributed by atoms with Crippen LogP contribution < -0.4 is 5.43 Å². The van der Waals surface area contributed by atoms with E-state index in [9.17, 15) is 4.79 Å². The number of benzene rings is 1. The van der Waals surface area contributed by atoms with Crippen molar-refractivity contribution in [1.82, 2.24) is 0 Å². The number of halogens is 1. The molecule has 0 N–H and O–H groups in total. The molecule has 0 radical (unpaired) electrons. The molecule has 17 heavy (non-hydrogen) atoms. The Hall–Kier alpha value is -0.740. The monoisotopic (exact) mass is 312 g/mol. The van der Waals surface area contributed by atoms with Crippen molar-refractivity contribution in [1.29, 1.82) is 0 Å². The van der Waals surface area contributed by atoms with E-state index in [0.29, 0.717) is 10.5 Å². The highest BCUT2D eigenvalue weighted by molar-refractivity contribution is 9.09. The molecule has 2 nitrogen and oxygen atoms in total. The van der Waals surface area contributed by atoms with Crippen LogP contribution in [0.3, 0.4) is 0 Å². The molecule has 0 aliphatic rings. The van der Waals surface area contributed by atoms with Crippen molar-refractivity contribution >= 4 is 38.7 Å². The molecular formula is C13H13BrO2S.